The molecule has 40 heavy (non-hydrogen) atoms. The average molecular weight is 554 g/mol. The highest BCUT2D eigenvalue weighted by molar-refractivity contribution is 5.98. The number of nitrogens with one attached hydrogen (secondary N) is 1. The molecule has 2 aliphatic carbocycles. The van der Waals surface area contributed by atoms with Crippen LogP contribution in [0.25, 0.3) is 16.7 Å². The summed E-state index contributed by atoms with van der Waals surface area (Å²) >= 11 is 0. The van der Waals surface area contributed by atoms with E-state index in [0.717, 1.165) is 37.8 Å². The van der Waals surface area contributed by atoms with E-state index in [1.54, 1.807) is 30.9 Å². The first-order valence-corrected chi connectivity index (χ1v) is 12.7. The van der Waals surface area contributed by atoms with Crippen molar-refractivity contribution in [3.8, 4) is 11.6 Å². The van der Waals surface area contributed by atoms with Gasteiger partial charge in [0, 0.05) is 18.5 Å². The number of alkyl halides is 3. The minimum Gasteiger partial charge on any atom is -0.474 e. The van der Waals surface area contributed by atoms with E-state index in [-0.39, 0.29) is 34.9 Å². The summed E-state index contributed by atoms with van der Waals surface area (Å²) in [6, 6.07) is 6.26. The third-order valence-corrected chi connectivity index (χ3v) is 7.93. The molecule has 2 aliphatic rings. The van der Waals surface area contributed by atoms with Crippen molar-refractivity contribution in [1.82, 2.24) is 29.9 Å². The number of benzene rings is 1. The number of hydrogen-bond acceptors (Lipinski definition) is 6. The predicted octanol–water partition coefficient (Wildman–Crippen LogP) is 3.70. The highest BCUT2D eigenvalue weighted by atomic mass is 19.4. The molecule has 1 spiro atoms. The van der Waals surface area contributed by atoms with E-state index < -0.39 is 17.6 Å². The fraction of sp³-hybridized carbons (Fsp3) is 0.370. The van der Waals surface area contributed by atoms with Crippen LogP contribution in [0.2, 0.25) is 0 Å². The van der Waals surface area contributed by atoms with Gasteiger partial charge in [-0.25, -0.2) is 4.68 Å². The Morgan fingerprint density at radius 2 is 1.77 bits per heavy atom. The first kappa shape index (κ1) is 25.8. The Labute approximate surface area is 226 Å². The number of carbonyl (C=O) groups is 2. The molecule has 6 rings (SSSR count). The molecule has 0 atom stereocenters. The summed E-state index contributed by atoms with van der Waals surface area (Å²) in [6.45, 7) is 1.70. The second kappa shape index (κ2) is 9.07. The van der Waals surface area contributed by atoms with Gasteiger partial charge in [0.15, 0.2) is 5.65 Å². The molecular formula is C27H26F3N7O3. The van der Waals surface area contributed by atoms with Crippen LogP contribution < -0.4 is 15.8 Å². The lowest BCUT2D eigenvalue weighted by Gasteiger charge is -2.57. The Kier molecular flexibility index (Phi) is 5.86. The number of halogens is 3. The zero-order valence-electron chi connectivity index (χ0n) is 21.7. The van der Waals surface area contributed by atoms with E-state index in [1.165, 1.54) is 23.0 Å². The topological polar surface area (TPSA) is 130 Å². The number of hydrogen-bond donors (Lipinski definition) is 2. The number of rotatable bonds is 6. The number of nitrogens with two attached hydrogens (primary N) is 1. The van der Waals surface area contributed by atoms with Crippen LogP contribution in [0.15, 0.2) is 42.7 Å². The van der Waals surface area contributed by atoms with Gasteiger partial charge in [-0.3, -0.25) is 14.3 Å². The maximum Gasteiger partial charge on any atom is 0.416 e. The molecule has 208 valence electrons. The Hall–Kier alpha value is -4.42. The van der Waals surface area contributed by atoms with Crippen molar-refractivity contribution in [2.75, 3.05) is 0 Å². The highest BCUT2D eigenvalue weighted by Gasteiger charge is 2.54. The van der Waals surface area contributed by atoms with Gasteiger partial charge in [-0.1, -0.05) is 0 Å². The monoisotopic (exact) mass is 553 g/mol. The lowest BCUT2D eigenvalue weighted by molar-refractivity contribution is -0.137. The number of aromatic nitrogens is 5. The minimum atomic E-state index is -4.42. The average Bonchev–Trinajstić information content (AvgIpc) is 3.42. The van der Waals surface area contributed by atoms with E-state index >= 15 is 0 Å². The molecule has 1 aromatic carbocycles. The number of ether oxygens (including phenoxy) is 1. The van der Waals surface area contributed by atoms with Crippen LogP contribution in [-0.2, 0) is 13.2 Å². The van der Waals surface area contributed by atoms with E-state index in [0.29, 0.717) is 28.0 Å². The number of carbonyl (C=O) groups excluding carboxylic acids is 2. The Bertz CT molecular complexity index is 1630. The third-order valence-electron chi connectivity index (χ3n) is 7.93. The quantitative estimate of drug-likeness (QED) is 0.375. The van der Waals surface area contributed by atoms with Gasteiger partial charge in [-0.05, 0) is 68.4 Å². The van der Waals surface area contributed by atoms with E-state index in [4.69, 9.17) is 10.5 Å². The first-order valence-electron chi connectivity index (χ1n) is 12.7. The van der Waals surface area contributed by atoms with Crippen molar-refractivity contribution < 1.29 is 27.5 Å². The Morgan fingerprint density at radius 1 is 1.07 bits per heavy atom. The number of primary amides is 1. The summed E-state index contributed by atoms with van der Waals surface area (Å²) in [7, 11) is 1.76. The van der Waals surface area contributed by atoms with Crippen molar-refractivity contribution in [3.05, 3.63) is 65.1 Å². The van der Waals surface area contributed by atoms with Crippen LogP contribution in [0.1, 0.15) is 57.7 Å². The SMILES string of the molecule is Cc1c(C(=O)N[C@H]2CC3(C2)C[C@H](Oc2nc4c(cnn4C)cc2C(N)=O)C3)cnn1-c1ccc(C(F)(F)F)cc1. The normalized spacial score (nSPS) is 22.1. The molecule has 0 radical (unpaired) electrons. The lowest BCUT2D eigenvalue weighted by Crippen LogP contribution is -2.58. The largest absolute Gasteiger partial charge is 0.474 e. The van der Waals surface area contributed by atoms with Crippen LogP contribution in [-0.4, -0.2) is 48.5 Å². The van der Waals surface area contributed by atoms with Gasteiger partial charge in [0.25, 0.3) is 11.8 Å². The van der Waals surface area contributed by atoms with Crippen molar-refractivity contribution >= 4 is 22.8 Å². The summed E-state index contributed by atoms with van der Waals surface area (Å²) in [5, 5.41) is 12.1. The number of amides is 2. The summed E-state index contributed by atoms with van der Waals surface area (Å²) < 4.78 is 47.7. The van der Waals surface area contributed by atoms with Gasteiger partial charge < -0.3 is 15.8 Å². The fourth-order valence-corrected chi connectivity index (χ4v) is 5.84. The molecule has 13 heteroatoms. The zero-order chi connectivity index (χ0) is 28.4. The number of fused-ring (bicyclic) bond motifs is 1. The lowest BCUT2D eigenvalue weighted by atomic mass is 9.53. The molecule has 0 aliphatic heterocycles. The molecule has 10 nitrogen and oxygen atoms in total. The Morgan fingerprint density at radius 3 is 2.42 bits per heavy atom. The molecule has 4 aromatic rings. The smallest absolute Gasteiger partial charge is 0.416 e. The summed E-state index contributed by atoms with van der Waals surface area (Å²) in [5.41, 5.74) is 7.00. The Balaban J connectivity index is 1.05. The maximum absolute atomic E-state index is 12.9. The molecule has 0 saturated heterocycles. The second-order valence-corrected chi connectivity index (χ2v) is 10.7. The third kappa shape index (κ3) is 4.44. The second-order valence-electron chi connectivity index (χ2n) is 10.7. The summed E-state index contributed by atoms with van der Waals surface area (Å²) in [4.78, 5) is 29.4. The standard InChI is InChI=1S/C27H26F3N7O3/c1-14-21(13-33-37(14)18-5-3-16(4-6-18)27(28,29)30)24(39)34-17-8-26(9-17)10-19(11-26)40-25-20(22(31)38)7-15-12-32-36(2)23(15)35-25/h3-7,12-13,17,19H,8-11H2,1-2H3,(H2,31,38)(H,34,39)/t17-,19-,26?. The molecule has 3 aromatic heterocycles. The van der Waals surface area contributed by atoms with E-state index in [2.05, 4.69) is 20.5 Å². The zero-order valence-corrected chi connectivity index (χ0v) is 21.7. The molecule has 3 N–H and O–H groups in total. The van der Waals surface area contributed by atoms with Gasteiger partial charge >= 0.3 is 6.18 Å². The van der Waals surface area contributed by atoms with Gasteiger partial charge in [-0.15, -0.1) is 0 Å². The molecular weight excluding hydrogens is 527 g/mol. The number of pyridine rings is 1. The summed E-state index contributed by atoms with van der Waals surface area (Å²) in [5.74, 6) is -0.693. The minimum absolute atomic E-state index is 0.00707. The predicted molar refractivity (Wildman–Crippen MR) is 137 cm³/mol. The van der Waals surface area contributed by atoms with Crippen LogP contribution in [0.3, 0.4) is 0 Å². The van der Waals surface area contributed by atoms with Crippen molar-refractivity contribution in [1.29, 1.82) is 0 Å². The maximum atomic E-state index is 12.9. The van der Waals surface area contributed by atoms with E-state index in [1.807, 2.05) is 0 Å². The fourth-order valence-electron chi connectivity index (χ4n) is 5.84. The van der Waals surface area contributed by atoms with Crippen LogP contribution in [0.4, 0.5) is 13.2 Å². The van der Waals surface area contributed by atoms with Gasteiger partial charge in [-0.2, -0.15) is 28.4 Å². The van der Waals surface area contributed by atoms with Crippen molar-refractivity contribution in [2.24, 2.45) is 18.2 Å². The first-order chi connectivity index (χ1) is 18.9. The molecule has 2 amide bonds. The van der Waals surface area contributed by atoms with Crippen molar-refractivity contribution in [3.63, 3.8) is 0 Å². The number of aryl methyl sites for hydroxylation is 1. The molecule has 0 unspecified atom stereocenters. The van der Waals surface area contributed by atoms with Crippen LogP contribution in [0, 0.1) is 12.3 Å². The van der Waals surface area contributed by atoms with Crippen LogP contribution in [0.5, 0.6) is 5.88 Å². The molecule has 2 saturated carbocycles. The van der Waals surface area contributed by atoms with Gasteiger partial charge in [0.2, 0.25) is 5.88 Å². The highest BCUT2D eigenvalue weighted by Crippen LogP contribution is 2.57. The van der Waals surface area contributed by atoms with Crippen LogP contribution >= 0.6 is 0 Å². The molecule has 3 heterocycles. The van der Waals surface area contributed by atoms with Gasteiger partial charge in [0.05, 0.1) is 34.9 Å². The van der Waals surface area contributed by atoms with Crippen molar-refractivity contribution in [2.45, 2.75) is 50.9 Å². The van der Waals surface area contributed by atoms with E-state index in [9.17, 15) is 22.8 Å². The molecule has 0 bridgehead atoms. The number of nitrogens with zero attached hydrogens (tertiary/aromatic N) is 5. The summed E-state index contributed by atoms with van der Waals surface area (Å²) in [6.07, 6.45) is 1.63. The van der Waals surface area contributed by atoms with Gasteiger partial charge in [0.1, 0.15) is 11.7 Å². The molecule has 2 fully saturated rings.